The van der Waals surface area contributed by atoms with Crippen LogP contribution in [0.2, 0.25) is 0 Å². The summed E-state index contributed by atoms with van der Waals surface area (Å²) in [5, 5.41) is 0. The molecule has 2 rings (SSSR count). The van der Waals surface area contributed by atoms with Crippen molar-refractivity contribution in [3.8, 4) is 0 Å². The summed E-state index contributed by atoms with van der Waals surface area (Å²) in [6.45, 7) is 1.78. The number of alkyl halides is 1. The van der Waals surface area contributed by atoms with Crippen molar-refractivity contribution < 1.29 is 0 Å². The number of imidazole rings is 1. The molecule has 0 aliphatic rings. The Morgan fingerprint density at radius 3 is 2.77 bits per heavy atom. The minimum atomic E-state index is 0.449. The van der Waals surface area contributed by atoms with Crippen LogP contribution in [-0.2, 0) is 0 Å². The lowest BCUT2D eigenvalue weighted by Gasteiger charge is -1.94. The third-order valence-corrected chi connectivity index (χ3v) is 1.43. The molecule has 2 aromatic rings. The maximum Gasteiger partial charge on any atom is 0.183 e. The Morgan fingerprint density at radius 1 is 1.38 bits per heavy atom. The Morgan fingerprint density at radius 2 is 2.08 bits per heavy atom. The Labute approximate surface area is 80.4 Å². The van der Waals surface area contributed by atoms with Gasteiger partial charge in [-0.2, -0.15) is 0 Å². The van der Waals surface area contributed by atoms with Gasteiger partial charge in [-0.25, -0.2) is 15.0 Å². The molecule has 13 heavy (non-hydrogen) atoms. The summed E-state index contributed by atoms with van der Waals surface area (Å²) >= 11 is 4.64. The first-order chi connectivity index (χ1) is 6.27. The molecule has 0 aliphatic carbocycles. The van der Waals surface area contributed by atoms with E-state index < -0.39 is 0 Å². The first-order valence-electron chi connectivity index (χ1n) is 3.58. The van der Waals surface area contributed by atoms with Gasteiger partial charge in [-0.3, -0.25) is 0 Å². The van der Waals surface area contributed by atoms with E-state index in [1.807, 2.05) is 0 Å². The van der Waals surface area contributed by atoms with Gasteiger partial charge in [0, 0.05) is 6.38 Å². The summed E-state index contributed by atoms with van der Waals surface area (Å²) in [5.41, 5.74) is 6.90. The van der Waals surface area contributed by atoms with Crippen molar-refractivity contribution in [3.05, 3.63) is 12.2 Å². The standard InChI is InChI=1S/C6H7N5.CH3Cl/c1-3-10-5(7)4-6(11-3)9-2-8-4;1-2/h2H,1H3,(H3,7,8,9,10,11);1H3. The second kappa shape index (κ2) is 4.04. The lowest BCUT2D eigenvalue weighted by atomic mass is 10.5. The molecule has 3 N–H and O–H groups in total. The fourth-order valence-corrected chi connectivity index (χ4v) is 0.969. The third-order valence-electron chi connectivity index (χ3n) is 1.43. The Hall–Kier alpha value is -1.36. The summed E-state index contributed by atoms with van der Waals surface area (Å²) in [5.74, 6) is 1.09. The van der Waals surface area contributed by atoms with Crippen LogP contribution >= 0.6 is 11.6 Å². The minimum Gasteiger partial charge on any atom is -0.382 e. The number of nitrogens with one attached hydrogen (secondary N) is 1. The van der Waals surface area contributed by atoms with Gasteiger partial charge >= 0.3 is 0 Å². The van der Waals surface area contributed by atoms with Crippen molar-refractivity contribution in [1.29, 1.82) is 0 Å². The summed E-state index contributed by atoms with van der Waals surface area (Å²) in [4.78, 5) is 14.8. The molecule has 0 atom stereocenters. The zero-order valence-corrected chi connectivity index (χ0v) is 8.13. The van der Waals surface area contributed by atoms with Gasteiger partial charge in [-0.1, -0.05) is 0 Å². The van der Waals surface area contributed by atoms with Gasteiger partial charge < -0.3 is 10.7 Å². The molecular weight excluding hydrogens is 190 g/mol. The van der Waals surface area contributed by atoms with E-state index >= 15 is 0 Å². The molecule has 0 fully saturated rings. The van der Waals surface area contributed by atoms with Crippen molar-refractivity contribution in [2.45, 2.75) is 6.92 Å². The highest BCUT2D eigenvalue weighted by Crippen LogP contribution is 2.11. The molecule has 2 heterocycles. The summed E-state index contributed by atoms with van der Waals surface area (Å²) in [6, 6.07) is 0. The first-order valence-corrected chi connectivity index (χ1v) is 4.34. The van der Waals surface area contributed by atoms with E-state index in [2.05, 4.69) is 31.5 Å². The highest BCUT2D eigenvalue weighted by atomic mass is 35.5. The van der Waals surface area contributed by atoms with Crippen LogP contribution in [0.1, 0.15) is 5.82 Å². The molecule has 0 unspecified atom stereocenters. The van der Waals surface area contributed by atoms with E-state index in [0.717, 1.165) is 0 Å². The molecule has 2 aromatic heterocycles. The Balaban J connectivity index is 0.000000396. The van der Waals surface area contributed by atoms with Crippen molar-refractivity contribution in [3.63, 3.8) is 0 Å². The van der Waals surface area contributed by atoms with Gasteiger partial charge in [0.15, 0.2) is 11.5 Å². The number of hydrogen-bond acceptors (Lipinski definition) is 4. The number of nitrogens with zero attached hydrogens (tertiary/aromatic N) is 3. The second-order valence-electron chi connectivity index (χ2n) is 2.26. The monoisotopic (exact) mass is 199 g/mol. The number of nitrogen functional groups attached to an aromatic ring is 1. The average molecular weight is 200 g/mol. The molecule has 0 radical (unpaired) electrons. The van der Waals surface area contributed by atoms with Crippen LogP contribution in [0.5, 0.6) is 0 Å². The number of fused-ring (bicyclic) bond motifs is 1. The Kier molecular flexibility index (Phi) is 3.02. The van der Waals surface area contributed by atoms with Gasteiger partial charge in [0.1, 0.15) is 11.3 Å². The van der Waals surface area contributed by atoms with Crippen molar-refractivity contribution in [1.82, 2.24) is 19.9 Å². The smallest absolute Gasteiger partial charge is 0.183 e. The van der Waals surface area contributed by atoms with Gasteiger partial charge in [0.25, 0.3) is 0 Å². The van der Waals surface area contributed by atoms with E-state index in [-0.39, 0.29) is 0 Å². The SMILES string of the molecule is CCl.Cc1nc(N)c2[nH]cnc2n1. The number of H-pyrrole nitrogens is 1. The minimum absolute atomic E-state index is 0.449. The van der Waals surface area contributed by atoms with E-state index in [0.29, 0.717) is 22.8 Å². The highest BCUT2D eigenvalue weighted by molar-refractivity contribution is 6.15. The number of aryl methyl sites for hydroxylation is 1. The van der Waals surface area contributed by atoms with Crippen LogP contribution in [-0.4, -0.2) is 26.3 Å². The van der Waals surface area contributed by atoms with Crippen LogP contribution in [0.15, 0.2) is 6.33 Å². The van der Waals surface area contributed by atoms with E-state index in [1.165, 1.54) is 6.38 Å². The Bertz CT molecular complexity index is 397. The number of rotatable bonds is 0. The van der Waals surface area contributed by atoms with Crippen molar-refractivity contribution >= 4 is 28.6 Å². The van der Waals surface area contributed by atoms with Gasteiger partial charge in [-0.05, 0) is 6.92 Å². The molecule has 0 spiro atoms. The van der Waals surface area contributed by atoms with Gasteiger partial charge in [-0.15, -0.1) is 11.6 Å². The van der Waals surface area contributed by atoms with Crippen LogP contribution in [0.25, 0.3) is 11.2 Å². The fourth-order valence-electron chi connectivity index (χ4n) is 0.969. The third kappa shape index (κ3) is 1.86. The molecule has 6 heteroatoms. The fraction of sp³-hybridized carbons (Fsp3) is 0.286. The van der Waals surface area contributed by atoms with Gasteiger partial charge in [0.05, 0.1) is 6.33 Å². The maximum absolute atomic E-state index is 5.58. The molecule has 0 bridgehead atoms. The van der Waals surface area contributed by atoms with Crippen LogP contribution in [0.4, 0.5) is 5.82 Å². The number of aromatic nitrogens is 4. The molecule has 0 aromatic carbocycles. The molecule has 0 saturated heterocycles. The number of anilines is 1. The molecule has 70 valence electrons. The maximum atomic E-state index is 5.58. The zero-order chi connectivity index (χ0) is 9.84. The summed E-state index contributed by atoms with van der Waals surface area (Å²) < 4.78 is 0. The summed E-state index contributed by atoms with van der Waals surface area (Å²) in [6.07, 6.45) is 3.02. The quantitative estimate of drug-likeness (QED) is 0.623. The van der Waals surface area contributed by atoms with Crippen molar-refractivity contribution in [2.75, 3.05) is 12.1 Å². The molecule has 0 amide bonds. The van der Waals surface area contributed by atoms with Crippen LogP contribution < -0.4 is 5.73 Å². The molecule has 0 aliphatic heterocycles. The topological polar surface area (TPSA) is 80.5 Å². The second-order valence-corrected chi connectivity index (χ2v) is 2.26. The zero-order valence-electron chi connectivity index (χ0n) is 7.37. The largest absolute Gasteiger partial charge is 0.382 e. The van der Waals surface area contributed by atoms with Gasteiger partial charge in [0.2, 0.25) is 0 Å². The molecule has 0 saturated carbocycles. The average Bonchev–Trinajstić information content (AvgIpc) is 2.55. The van der Waals surface area contributed by atoms with Crippen molar-refractivity contribution in [2.24, 2.45) is 0 Å². The highest BCUT2D eigenvalue weighted by Gasteiger charge is 2.02. The molecular formula is C7H10ClN5. The lowest BCUT2D eigenvalue weighted by molar-refractivity contribution is 1.09. The van der Waals surface area contributed by atoms with Crippen LogP contribution in [0.3, 0.4) is 0 Å². The number of nitrogens with two attached hydrogens (primary N) is 1. The molecule has 5 nitrogen and oxygen atoms in total. The normalized spacial score (nSPS) is 9.46. The van der Waals surface area contributed by atoms with E-state index in [1.54, 1.807) is 13.3 Å². The predicted octanol–water partition coefficient (Wildman–Crippen LogP) is 1.10. The number of halogens is 1. The van der Waals surface area contributed by atoms with E-state index in [9.17, 15) is 0 Å². The summed E-state index contributed by atoms with van der Waals surface area (Å²) in [7, 11) is 0. The lowest BCUT2D eigenvalue weighted by Crippen LogP contribution is -1.96. The first kappa shape index (κ1) is 9.73. The number of aromatic amines is 1. The predicted molar refractivity (Wildman–Crippen MR) is 52.6 cm³/mol. The van der Waals surface area contributed by atoms with E-state index in [4.69, 9.17) is 5.73 Å². The van der Waals surface area contributed by atoms with Crippen LogP contribution in [0, 0.1) is 6.92 Å². The number of hydrogen-bond donors (Lipinski definition) is 2.